The van der Waals surface area contributed by atoms with E-state index in [0.29, 0.717) is 37.7 Å². The first-order chi connectivity index (χ1) is 35.0. The van der Waals surface area contributed by atoms with E-state index in [0.717, 1.165) is 5.57 Å². The maximum absolute atomic E-state index is 13.1. The minimum absolute atomic E-state index is 0.0357. The molecule has 4 saturated carbocycles. The van der Waals surface area contributed by atoms with Gasteiger partial charge in [-0.25, -0.2) is 9.59 Å². The number of carboxylic acid groups (broad SMARTS) is 1. The first kappa shape index (κ1) is 58.8. The highest BCUT2D eigenvalue weighted by molar-refractivity contribution is 5.87. The summed E-state index contributed by atoms with van der Waals surface area (Å²) >= 11 is 0. The molecule has 27 atom stereocenters. The molecule has 0 aromatic heterocycles. The largest absolute Gasteiger partial charge is 0.479 e. The smallest absolute Gasteiger partial charge is 0.335 e. The molecule has 0 amide bonds. The lowest BCUT2D eigenvalue weighted by Gasteiger charge is -2.72. The predicted molar refractivity (Wildman–Crippen MR) is 258 cm³/mol. The number of ether oxygens (including phenoxy) is 7. The Balaban J connectivity index is 1.10. The minimum Gasteiger partial charge on any atom is -0.479 e. The van der Waals surface area contributed by atoms with Crippen LogP contribution in [0.1, 0.15) is 107 Å². The second-order valence-electron chi connectivity index (χ2n) is 24.9. The molecule has 22 heteroatoms. The van der Waals surface area contributed by atoms with Gasteiger partial charge >= 0.3 is 11.9 Å². The molecule has 0 bridgehead atoms. The van der Waals surface area contributed by atoms with Crippen LogP contribution in [-0.2, 0) is 42.7 Å². The average molecular weight is 1070 g/mol. The number of carbonyl (C=O) groups is 2. The van der Waals surface area contributed by atoms with Crippen LogP contribution >= 0.6 is 0 Å². The second-order valence-corrected chi connectivity index (χ2v) is 24.9. The van der Waals surface area contributed by atoms with Crippen LogP contribution in [0.4, 0.5) is 0 Å². The van der Waals surface area contributed by atoms with Gasteiger partial charge in [0.2, 0.25) is 0 Å². The molecule has 3 aliphatic heterocycles. The summed E-state index contributed by atoms with van der Waals surface area (Å²) < 4.78 is 42.1. The summed E-state index contributed by atoms with van der Waals surface area (Å²) in [6.45, 7) is 15.3. The van der Waals surface area contributed by atoms with Gasteiger partial charge in [-0.05, 0) is 99.7 Å². The van der Waals surface area contributed by atoms with Crippen molar-refractivity contribution >= 4 is 11.9 Å². The quantitative estimate of drug-likeness (QED) is 0.0489. The third-order valence-corrected chi connectivity index (χ3v) is 20.8. The number of aliphatic hydroxyl groups is 12. The summed E-state index contributed by atoms with van der Waals surface area (Å²) in [6, 6.07) is 0. The van der Waals surface area contributed by atoms with E-state index in [4.69, 9.17) is 33.2 Å². The van der Waals surface area contributed by atoms with Gasteiger partial charge in [0, 0.05) is 16.4 Å². The first-order valence-electron chi connectivity index (χ1n) is 26.6. The summed E-state index contributed by atoms with van der Waals surface area (Å²) in [5.41, 5.74) is -3.44. The van der Waals surface area contributed by atoms with Gasteiger partial charge in [-0.1, -0.05) is 59.3 Å². The highest BCUT2D eigenvalue weighted by atomic mass is 16.8. The zero-order valence-electron chi connectivity index (χ0n) is 44.4. The summed E-state index contributed by atoms with van der Waals surface area (Å²) in [4.78, 5) is 26.2. The number of aliphatic carboxylic acids is 1. The van der Waals surface area contributed by atoms with Crippen molar-refractivity contribution in [2.75, 3.05) is 19.8 Å². The summed E-state index contributed by atoms with van der Waals surface area (Å²) in [5.74, 6) is -3.02. The molecule has 3 heterocycles. The molecule has 22 nitrogen and oxygen atoms in total. The van der Waals surface area contributed by atoms with E-state index in [1.165, 1.54) is 6.92 Å². The second kappa shape index (κ2) is 21.0. The number of allylic oxidation sites excluding steroid dienone is 3. The van der Waals surface area contributed by atoms with Gasteiger partial charge in [0.25, 0.3) is 0 Å². The van der Waals surface area contributed by atoms with Crippen molar-refractivity contribution < 1.29 is 109 Å². The van der Waals surface area contributed by atoms with E-state index in [9.17, 15) is 76.0 Å². The molecule has 0 radical (unpaired) electrons. The van der Waals surface area contributed by atoms with Gasteiger partial charge in [0.1, 0.15) is 73.2 Å². The van der Waals surface area contributed by atoms with Gasteiger partial charge < -0.3 is 99.5 Å². The predicted octanol–water partition coefficient (Wildman–Crippen LogP) is -0.864. The number of carbonyl (C=O) groups excluding carboxylic acids is 1. The number of esters is 1. The lowest BCUT2D eigenvalue weighted by molar-refractivity contribution is -0.390. The van der Waals surface area contributed by atoms with E-state index >= 15 is 0 Å². The molecule has 0 spiro atoms. The van der Waals surface area contributed by atoms with E-state index in [2.05, 4.69) is 26.8 Å². The third-order valence-electron chi connectivity index (χ3n) is 20.8. The number of carboxylic acids is 1. The van der Waals surface area contributed by atoms with Crippen molar-refractivity contribution in [3.63, 3.8) is 0 Å². The Labute approximate surface area is 437 Å². The van der Waals surface area contributed by atoms with Crippen LogP contribution in [0.3, 0.4) is 0 Å². The highest BCUT2D eigenvalue weighted by Crippen LogP contribution is 2.76. The first-order valence-corrected chi connectivity index (χ1v) is 26.6. The SMILES string of the molecule is C/C=C(\C)C(=O)O[C@H]1[C@H](O)[C@]2(CO)[C@H](O)C[C@]3(C)C(=CC[C@@H]4[C@@]5(C)CC[C@H](O[C@@H]6O[C@H](C(=O)O)[C@@H](O[C@@H]7O[C@H](CO)[C@@H](O)[C@H](O)[C@H]7O)[C@H](O)[C@H]6O[C@@H]6O[C@H](C)[C@@H](O)[C@H](O)[C@H]6O)[C@](C)(CO)[C@@H]5CC[C@]43C)[C@@H]2CC1(C)C. The van der Waals surface area contributed by atoms with Crippen molar-refractivity contribution in [1.82, 2.24) is 0 Å². The van der Waals surface area contributed by atoms with Crippen molar-refractivity contribution in [3.05, 3.63) is 23.3 Å². The van der Waals surface area contributed by atoms with Crippen LogP contribution in [0.15, 0.2) is 23.3 Å². The molecule has 13 N–H and O–H groups in total. The Morgan fingerprint density at radius 2 is 1.35 bits per heavy atom. The topological polar surface area (TPSA) is 362 Å². The molecule has 75 heavy (non-hydrogen) atoms. The van der Waals surface area contributed by atoms with Crippen LogP contribution in [0.5, 0.6) is 0 Å². The summed E-state index contributed by atoms with van der Waals surface area (Å²) in [6.07, 6.45) is -24.6. The molecule has 0 aromatic carbocycles. The Morgan fingerprint density at radius 1 is 0.720 bits per heavy atom. The average Bonchev–Trinajstić information content (AvgIpc) is 3.36. The fourth-order valence-electron chi connectivity index (χ4n) is 15.9. The fourth-order valence-corrected chi connectivity index (χ4v) is 15.9. The zero-order chi connectivity index (χ0) is 55.4. The fraction of sp³-hybridized carbons (Fsp3) is 0.887. The van der Waals surface area contributed by atoms with Crippen LogP contribution in [0, 0.1) is 50.2 Å². The molecule has 8 rings (SSSR count). The van der Waals surface area contributed by atoms with Crippen LogP contribution in [0.2, 0.25) is 0 Å². The Hall–Kier alpha value is -2.30. The van der Waals surface area contributed by atoms with E-state index in [-0.39, 0.29) is 24.7 Å². The molecule has 3 saturated heterocycles. The van der Waals surface area contributed by atoms with Crippen LogP contribution < -0.4 is 0 Å². The maximum atomic E-state index is 13.1. The standard InChI is InChI=1S/C53H84O22/c1-10-22(2)44(68)75-42-41(65)53(21-56)25(17-48(42,4)5)24-11-12-28-49(6)15-14-30(50(7,20-55)27(49)13-16-51(28,8)52(24,9)18-29(53)57)71-47-39(73-45-35(62)33(60)31(58)23(3)69-45)37(64)38(40(74-47)43(66)67)72-46-36(63)34(61)32(59)26(19-54)70-46/h10-11,23,25-42,45-47,54-65H,12-21H2,1-9H3,(H,66,67)/b22-10+/t23-,25+,26-,27-,28-,29-,30+,31-,32-,33+,34+,35-,36-,37+,38+,39-,40+,41+,42+,45+,46+,47-,49+,50-,51-,52-,53+/m1/s1. The van der Waals surface area contributed by atoms with Gasteiger partial charge in [-0.15, -0.1) is 0 Å². The monoisotopic (exact) mass is 1070 g/mol. The van der Waals surface area contributed by atoms with Crippen molar-refractivity contribution in [3.8, 4) is 0 Å². The normalized spacial score (nSPS) is 52.8. The number of hydrogen-bond donors (Lipinski definition) is 13. The van der Waals surface area contributed by atoms with Crippen molar-refractivity contribution in [2.45, 2.75) is 224 Å². The van der Waals surface area contributed by atoms with E-state index in [1.807, 2.05) is 20.8 Å². The summed E-state index contributed by atoms with van der Waals surface area (Å²) in [7, 11) is 0. The number of rotatable bonds is 12. The lowest BCUT2D eigenvalue weighted by Crippen LogP contribution is -2.72. The molecule has 8 aliphatic rings. The number of fused-ring (bicyclic) bond motifs is 7. The third kappa shape index (κ3) is 9.10. The van der Waals surface area contributed by atoms with Crippen molar-refractivity contribution in [1.29, 1.82) is 0 Å². The Morgan fingerprint density at radius 3 is 1.95 bits per heavy atom. The minimum atomic E-state index is -2.11. The summed E-state index contributed by atoms with van der Waals surface area (Å²) in [5, 5.41) is 144. The van der Waals surface area contributed by atoms with Gasteiger partial charge in [-0.2, -0.15) is 0 Å². The molecular formula is C53H84O22. The molecule has 0 aromatic rings. The van der Waals surface area contributed by atoms with E-state index in [1.54, 1.807) is 19.9 Å². The molecule has 428 valence electrons. The van der Waals surface area contributed by atoms with Gasteiger partial charge in [-0.3, -0.25) is 0 Å². The highest BCUT2D eigenvalue weighted by Gasteiger charge is 2.73. The van der Waals surface area contributed by atoms with Crippen molar-refractivity contribution in [2.24, 2.45) is 50.2 Å². The molecule has 0 unspecified atom stereocenters. The molecule has 5 aliphatic carbocycles. The van der Waals surface area contributed by atoms with Crippen LogP contribution in [-0.4, -0.2) is 215 Å². The zero-order valence-corrected chi connectivity index (χ0v) is 44.4. The number of hydrogen-bond acceptors (Lipinski definition) is 21. The van der Waals surface area contributed by atoms with E-state index < -0.39 is 187 Å². The molecular weight excluding hydrogens is 989 g/mol. The Bertz CT molecular complexity index is 2160. The van der Waals surface area contributed by atoms with Crippen LogP contribution in [0.25, 0.3) is 0 Å². The lowest BCUT2D eigenvalue weighted by atomic mass is 9.33. The van der Waals surface area contributed by atoms with Gasteiger partial charge in [0.05, 0.1) is 43.5 Å². The maximum Gasteiger partial charge on any atom is 0.335 e. The van der Waals surface area contributed by atoms with Gasteiger partial charge in [0.15, 0.2) is 25.0 Å². The number of aliphatic hydroxyl groups excluding tert-OH is 12. The molecule has 7 fully saturated rings. The Kier molecular flexibility index (Phi) is 16.5.